The lowest BCUT2D eigenvalue weighted by Crippen LogP contribution is -2.18. The molecule has 112 valence electrons. The molecule has 0 atom stereocenters. The van der Waals surface area contributed by atoms with Crippen LogP contribution in [0.3, 0.4) is 0 Å². The quantitative estimate of drug-likeness (QED) is 0.401. The van der Waals surface area contributed by atoms with E-state index in [0.29, 0.717) is 0 Å². The number of hydrogen-bond donors (Lipinski definition) is 3. The SMILES string of the molecule is Cc1nnc(NS(=O)(=O)c2ccc([N+](=O)[O-])cc2NN)o1. The van der Waals surface area contributed by atoms with Gasteiger partial charge in [0.1, 0.15) is 4.90 Å². The standard InChI is InChI=1S/C9H10N6O5S/c1-5-12-13-9(20-5)14-21(18,19)8-3-2-6(15(16)17)4-7(8)11-10/h2-4,11H,10H2,1H3,(H,13,14). The molecule has 12 heteroatoms. The van der Waals surface area contributed by atoms with Crippen molar-refractivity contribution in [3.63, 3.8) is 0 Å². The maximum atomic E-state index is 12.2. The van der Waals surface area contributed by atoms with Gasteiger partial charge in [-0.25, -0.2) is 13.1 Å². The molecule has 1 heterocycles. The van der Waals surface area contributed by atoms with Crippen molar-refractivity contribution in [2.24, 2.45) is 5.84 Å². The molecule has 0 amide bonds. The fraction of sp³-hybridized carbons (Fsp3) is 0.111. The number of aryl methyl sites for hydroxylation is 1. The average Bonchev–Trinajstić information content (AvgIpc) is 2.82. The number of nitro benzene ring substituents is 1. The van der Waals surface area contributed by atoms with Crippen LogP contribution >= 0.6 is 0 Å². The summed E-state index contributed by atoms with van der Waals surface area (Å²) in [5.74, 6) is 5.37. The molecule has 0 radical (unpaired) electrons. The Kier molecular flexibility index (Phi) is 3.73. The number of rotatable bonds is 5. The highest BCUT2D eigenvalue weighted by atomic mass is 32.2. The summed E-state index contributed by atoms with van der Waals surface area (Å²) in [6.07, 6.45) is 0. The first-order chi connectivity index (χ1) is 9.83. The molecule has 0 fully saturated rings. The molecule has 0 aliphatic rings. The van der Waals surface area contributed by atoms with E-state index in [-0.39, 0.29) is 28.2 Å². The molecule has 1 aromatic carbocycles. The zero-order valence-electron chi connectivity index (χ0n) is 10.6. The first kappa shape index (κ1) is 14.7. The summed E-state index contributed by atoms with van der Waals surface area (Å²) in [5.41, 5.74) is 1.64. The van der Waals surface area contributed by atoms with Gasteiger partial charge in [0.05, 0.1) is 10.6 Å². The predicted octanol–water partition coefficient (Wildman–Crippen LogP) is 0.373. The van der Waals surface area contributed by atoms with E-state index in [1.54, 1.807) is 0 Å². The summed E-state index contributed by atoms with van der Waals surface area (Å²) in [6.45, 7) is 1.49. The molecule has 4 N–H and O–H groups in total. The molecule has 0 spiro atoms. The summed E-state index contributed by atoms with van der Waals surface area (Å²) in [5, 5.41) is 17.6. The van der Waals surface area contributed by atoms with Gasteiger partial charge < -0.3 is 9.84 Å². The molecule has 1 aromatic heterocycles. The fourth-order valence-electron chi connectivity index (χ4n) is 1.49. The lowest BCUT2D eigenvalue weighted by Gasteiger charge is -2.09. The van der Waals surface area contributed by atoms with E-state index in [0.717, 1.165) is 18.2 Å². The second-order valence-corrected chi connectivity index (χ2v) is 5.46. The number of hydrazine groups is 1. The second-order valence-electron chi connectivity index (χ2n) is 3.81. The molecular weight excluding hydrogens is 304 g/mol. The van der Waals surface area contributed by atoms with Crippen molar-refractivity contribution in [3.05, 3.63) is 34.2 Å². The van der Waals surface area contributed by atoms with E-state index < -0.39 is 14.9 Å². The minimum Gasteiger partial charge on any atom is -0.408 e. The largest absolute Gasteiger partial charge is 0.408 e. The molecule has 2 aromatic rings. The van der Waals surface area contributed by atoms with Crippen molar-refractivity contribution in [1.29, 1.82) is 0 Å². The Morgan fingerprint density at radius 2 is 2.10 bits per heavy atom. The van der Waals surface area contributed by atoms with Crippen molar-refractivity contribution in [3.8, 4) is 0 Å². The Morgan fingerprint density at radius 3 is 2.62 bits per heavy atom. The van der Waals surface area contributed by atoms with Crippen molar-refractivity contribution in [2.45, 2.75) is 11.8 Å². The van der Waals surface area contributed by atoms with Crippen molar-refractivity contribution >= 4 is 27.4 Å². The molecule has 0 saturated carbocycles. The zero-order valence-corrected chi connectivity index (χ0v) is 11.4. The average molecular weight is 314 g/mol. The lowest BCUT2D eigenvalue weighted by molar-refractivity contribution is -0.384. The number of nitrogens with two attached hydrogens (primary N) is 1. The third-order valence-corrected chi connectivity index (χ3v) is 3.75. The maximum Gasteiger partial charge on any atom is 0.329 e. The van der Waals surface area contributed by atoms with Crippen LogP contribution in [0.5, 0.6) is 0 Å². The van der Waals surface area contributed by atoms with Gasteiger partial charge in [0, 0.05) is 19.1 Å². The van der Waals surface area contributed by atoms with Gasteiger partial charge in [-0.05, 0) is 6.07 Å². The third kappa shape index (κ3) is 3.06. The number of non-ortho nitro benzene ring substituents is 1. The van der Waals surface area contributed by atoms with Crippen LogP contribution in [0.4, 0.5) is 17.4 Å². The van der Waals surface area contributed by atoms with Gasteiger partial charge in [0.25, 0.3) is 15.7 Å². The Hall–Kier alpha value is -2.73. The highest BCUT2D eigenvalue weighted by Gasteiger charge is 2.23. The van der Waals surface area contributed by atoms with Crippen LogP contribution in [-0.2, 0) is 10.0 Å². The van der Waals surface area contributed by atoms with Crippen LogP contribution in [0, 0.1) is 17.0 Å². The molecule has 0 saturated heterocycles. The number of aromatic nitrogens is 2. The third-order valence-electron chi connectivity index (χ3n) is 2.37. The van der Waals surface area contributed by atoms with Crippen LogP contribution in [0.1, 0.15) is 5.89 Å². The molecule has 0 bridgehead atoms. The molecule has 2 rings (SSSR count). The van der Waals surface area contributed by atoms with E-state index in [4.69, 9.17) is 10.3 Å². The van der Waals surface area contributed by atoms with E-state index in [1.165, 1.54) is 6.92 Å². The van der Waals surface area contributed by atoms with Crippen LogP contribution in [0.2, 0.25) is 0 Å². The number of nitrogens with one attached hydrogen (secondary N) is 2. The minimum absolute atomic E-state index is 0.145. The summed E-state index contributed by atoms with van der Waals surface area (Å²) >= 11 is 0. The predicted molar refractivity (Wildman–Crippen MR) is 70.8 cm³/mol. The fourth-order valence-corrected chi connectivity index (χ4v) is 2.56. The number of anilines is 2. The monoisotopic (exact) mass is 314 g/mol. The molecule has 21 heavy (non-hydrogen) atoms. The van der Waals surface area contributed by atoms with Gasteiger partial charge in [-0.2, -0.15) is 0 Å². The normalized spacial score (nSPS) is 11.1. The highest BCUT2D eigenvalue weighted by molar-refractivity contribution is 7.92. The number of nitro groups is 1. The van der Waals surface area contributed by atoms with Gasteiger partial charge in [0.15, 0.2) is 0 Å². The van der Waals surface area contributed by atoms with Crippen LogP contribution in [0.15, 0.2) is 27.5 Å². The van der Waals surface area contributed by atoms with Crippen LogP contribution < -0.4 is 16.0 Å². The van der Waals surface area contributed by atoms with Gasteiger partial charge in [-0.15, -0.1) is 5.10 Å². The molecular formula is C9H10N6O5S. The number of sulfonamides is 1. The second kappa shape index (κ2) is 5.34. The number of nitrogens with zero attached hydrogens (tertiary/aromatic N) is 3. The van der Waals surface area contributed by atoms with E-state index in [9.17, 15) is 18.5 Å². The maximum absolute atomic E-state index is 12.2. The lowest BCUT2D eigenvalue weighted by atomic mass is 10.3. The first-order valence-corrected chi connectivity index (χ1v) is 6.90. The summed E-state index contributed by atoms with van der Waals surface area (Å²) in [4.78, 5) is 9.69. The van der Waals surface area contributed by atoms with Gasteiger partial charge in [0.2, 0.25) is 5.89 Å². The Bertz CT molecular complexity index is 786. The summed E-state index contributed by atoms with van der Waals surface area (Å²) < 4.78 is 31.3. The summed E-state index contributed by atoms with van der Waals surface area (Å²) in [7, 11) is -4.10. The number of benzene rings is 1. The number of hydrogen-bond acceptors (Lipinski definition) is 9. The van der Waals surface area contributed by atoms with E-state index in [1.807, 2.05) is 4.72 Å². The Balaban J connectivity index is 2.42. The van der Waals surface area contributed by atoms with Gasteiger partial charge in [-0.1, -0.05) is 5.10 Å². The summed E-state index contributed by atoms with van der Waals surface area (Å²) in [6, 6.07) is 2.75. The van der Waals surface area contributed by atoms with Gasteiger partial charge in [-0.3, -0.25) is 16.0 Å². The molecule has 11 nitrogen and oxygen atoms in total. The molecule has 0 aliphatic heterocycles. The van der Waals surface area contributed by atoms with Crippen molar-refractivity contribution in [2.75, 3.05) is 10.1 Å². The molecule has 0 aliphatic carbocycles. The topological polar surface area (TPSA) is 166 Å². The minimum atomic E-state index is -4.10. The zero-order chi connectivity index (χ0) is 15.6. The smallest absolute Gasteiger partial charge is 0.329 e. The van der Waals surface area contributed by atoms with Gasteiger partial charge >= 0.3 is 6.01 Å². The van der Waals surface area contributed by atoms with Crippen LogP contribution in [0.25, 0.3) is 0 Å². The van der Waals surface area contributed by atoms with Crippen LogP contribution in [-0.4, -0.2) is 23.5 Å². The van der Waals surface area contributed by atoms with Crippen molar-refractivity contribution < 1.29 is 17.8 Å². The van der Waals surface area contributed by atoms with E-state index >= 15 is 0 Å². The number of nitrogen functional groups attached to an aromatic ring is 1. The first-order valence-electron chi connectivity index (χ1n) is 5.41. The highest BCUT2D eigenvalue weighted by Crippen LogP contribution is 2.27. The van der Waals surface area contributed by atoms with E-state index in [2.05, 4.69) is 15.6 Å². The molecule has 0 unspecified atom stereocenters. The van der Waals surface area contributed by atoms with Crippen molar-refractivity contribution in [1.82, 2.24) is 10.2 Å². The Morgan fingerprint density at radius 1 is 1.38 bits per heavy atom. The Labute approximate surface area is 118 Å².